The van der Waals surface area contributed by atoms with Gasteiger partial charge in [0.1, 0.15) is 17.7 Å². The summed E-state index contributed by atoms with van der Waals surface area (Å²) in [5, 5.41) is 10.2. The Kier molecular flexibility index (Phi) is 3.57. The molecule has 1 fully saturated rings. The first-order valence-electron chi connectivity index (χ1n) is 5.54. The number of ether oxygens (including phenoxy) is 1. The molecule has 0 bridgehead atoms. The number of hydrogen-bond acceptors (Lipinski definition) is 3. The Bertz CT molecular complexity index is 478. The van der Waals surface area contributed by atoms with Crippen molar-refractivity contribution in [2.45, 2.75) is 6.04 Å². The van der Waals surface area contributed by atoms with Crippen molar-refractivity contribution in [1.82, 2.24) is 10.2 Å². The fourth-order valence-corrected chi connectivity index (χ4v) is 1.97. The molecule has 1 heterocycles. The number of nitrogens with one attached hydrogen (secondary N) is 2. The van der Waals surface area contributed by atoms with Crippen molar-refractivity contribution >= 4 is 11.9 Å². The highest BCUT2D eigenvalue weighted by Crippen LogP contribution is 2.27. The van der Waals surface area contributed by atoms with Crippen molar-refractivity contribution in [3.63, 3.8) is 0 Å². The standard InChI is InChI=1S/C12H14FN3O2/c1-18-7-6-16-10(11(14)15-12(16)17)8-4-2-3-5-9(8)13/h2-5,10H,6-7H2,1H3,(H2,14,15,17). The lowest BCUT2D eigenvalue weighted by atomic mass is 10.1. The van der Waals surface area contributed by atoms with E-state index in [1.54, 1.807) is 18.2 Å². The minimum absolute atomic E-state index is 0.0128. The van der Waals surface area contributed by atoms with E-state index in [0.717, 1.165) is 0 Å². The minimum atomic E-state index is -0.700. The van der Waals surface area contributed by atoms with Crippen LogP contribution in [0.15, 0.2) is 24.3 Å². The van der Waals surface area contributed by atoms with Crippen LogP contribution in [0.4, 0.5) is 9.18 Å². The van der Waals surface area contributed by atoms with Crippen LogP contribution in [0.3, 0.4) is 0 Å². The normalized spacial score (nSPS) is 19.2. The van der Waals surface area contributed by atoms with E-state index in [0.29, 0.717) is 18.7 Å². The van der Waals surface area contributed by atoms with Gasteiger partial charge in [-0.15, -0.1) is 0 Å². The maximum atomic E-state index is 13.7. The molecule has 0 radical (unpaired) electrons. The van der Waals surface area contributed by atoms with E-state index < -0.39 is 17.9 Å². The van der Waals surface area contributed by atoms with Gasteiger partial charge in [-0.1, -0.05) is 18.2 Å². The van der Waals surface area contributed by atoms with Crippen molar-refractivity contribution in [1.29, 1.82) is 5.41 Å². The lowest BCUT2D eigenvalue weighted by molar-refractivity contribution is 0.150. The molecule has 1 saturated heterocycles. The monoisotopic (exact) mass is 251 g/mol. The van der Waals surface area contributed by atoms with E-state index in [1.165, 1.54) is 18.1 Å². The van der Waals surface area contributed by atoms with E-state index >= 15 is 0 Å². The van der Waals surface area contributed by atoms with Crippen LogP contribution < -0.4 is 5.32 Å². The number of amidine groups is 1. The molecule has 2 rings (SSSR count). The first kappa shape index (κ1) is 12.5. The number of benzene rings is 1. The molecule has 6 heteroatoms. The summed E-state index contributed by atoms with van der Waals surface area (Å²) in [4.78, 5) is 13.1. The molecular weight excluding hydrogens is 237 g/mol. The molecule has 1 aromatic carbocycles. The molecule has 2 N–H and O–H groups in total. The predicted octanol–water partition coefficient (Wildman–Crippen LogP) is 1.52. The van der Waals surface area contributed by atoms with Gasteiger partial charge in [0.2, 0.25) is 0 Å². The quantitative estimate of drug-likeness (QED) is 0.852. The average molecular weight is 251 g/mol. The molecule has 1 aliphatic heterocycles. The SMILES string of the molecule is COCCN1C(=O)NC(=N)C1c1ccccc1F. The van der Waals surface area contributed by atoms with Gasteiger partial charge in [-0.3, -0.25) is 10.7 Å². The maximum absolute atomic E-state index is 13.7. The number of carbonyl (C=O) groups excluding carboxylic acids is 1. The lowest BCUT2D eigenvalue weighted by Gasteiger charge is -2.22. The van der Waals surface area contributed by atoms with Crippen LogP contribution >= 0.6 is 0 Å². The summed E-state index contributed by atoms with van der Waals surface area (Å²) in [5.74, 6) is -0.438. The third-order valence-electron chi connectivity index (χ3n) is 2.82. The molecular formula is C12H14FN3O2. The van der Waals surface area contributed by atoms with Crippen molar-refractivity contribution in [2.24, 2.45) is 0 Å². The fraction of sp³-hybridized carbons (Fsp3) is 0.333. The summed E-state index contributed by atoms with van der Waals surface area (Å²) in [6.07, 6.45) is 0. The van der Waals surface area contributed by atoms with Gasteiger partial charge in [0, 0.05) is 19.2 Å². The number of methoxy groups -OCH3 is 1. The Morgan fingerprint density at radius 3 is 2.89 bits per heavy atom. The van der Waals surface area contributed by atoms with Crippen LogP contribution in [0.2, 0.25) is 0 Å². The van der Waals surface area contributed by atoms with Crippen molar-refractivity contribution in [3.8, 4) is 0 Å². The summed E-state index contributed by atoms with van der Waals surface area (Å²) in [6, 6.07) is 5.06. The van der Waals surface area contributed by atoms with Gasteiger partial charge < -0.3 is 9.64 Å². The second kappa shape index (κ2) is 5.14. The molecule has 18 heavy (non-hydrogen) atoms. The van der Waals surface area contributed by atoms with Crippen molar-refractivity contribution in [2.75, 3.05) is 20.3 Å². The molecule has 0 aromatic heterocycles. The third-order valence-corrected chi connectivity index (χ3v) is 2.82. The van der Waals surface area contributed by atoms with E-state index in [4.69, 9.17) is 10.1 Å². The van der Waals surface area contributed by atoms with Gasteiger partial charge in [0.15, 0.2) is 0 Å². The molecule has 0 saturated carbocycles. The van der Waals surface area contributed by atoms with Crippen LogP contribution in [0.5, 0.6) is 0 Å². The topological polar surface area (TPSA) is 65.4 Å². The van der Waals surface area contributed by atoms with E-state index in [9.17, 15) is 9.18 Å². The molecule has 1 aromatic rings. The Balaban J connectivity index is 2.31. The Labute approximate surface area is 104 Å². The zero-order valence-corrected chi connectivity index (χ0v) is 9.94. The third kappa shape index (κ3) is 2.19. The number of urea groups is 1. The maximum Gasteiger partial charge on any atom is 0.323 e. The van der Waals surface area contributed by atoms with Crippen LogP contribution in [0.1, 0.15) is 11.6 Å². The number of carbonyl (C=O) groups is 1. The Morgan fingerprint density at radius 2 is 2.22 bits per heavy atom. The highest BCUT2D eigenvalue weighted by atomic mass is 19.1. The molecule has 2 amide bonds. The second-order valence-electron chi connectivity index (χ2n) is 3.95. The van der Waals surface area contributed by atoms with Gasteiger partial charge in [-0.05, 0) is 6.07 Å². The molecule has 1 aliphatic rings. The number of rotatable bonds is 4. The smallest absolute Gasteiger partial charge is 0.323 e. The van der Waals surface area contributed by atoms with Crippen LogP contribution in [-0.4, -0.2) is 37.0 Å². The molecule has 96 valence electrons. The average Bonchev–Trinajstić information content (AvgIpc) is 2.62. The molecule has 1 unspecified atom stereocenters. The number of hydrogen-bond donors (Lipinski definition) is 2. The number of nitrogens with zero attached hydrogens (tertiary/aromatic N) is 1. The number of amides is 2. The van der Waals surface area contributed by atoms with Crippen LogP contribution in [0, 0.1) is 11.2 Å². The van der Waals surface area contributed by atoms with Gasteiger partial charge >= 0.3 is 6.03 Å². The summed E-state index contributed by atoms with van der Waals surface area (Å²) in [6.45, 7) is 0.648. The van der Waals surface area contributed by atoms with Gasteiger partial charge in [0.25, 0.3) is 0 Å². The summed E-state index contributed by atoms with van der Waals surface area (Å²) in [7, 11) is 1.53. The lowest BCUT2D eigenvalue weighted by Crippen LogP contribution is -2.33. The van der Waals surface area contributed by atoms with Gasteiger partial charge in [0.05, 0.1) is 6.61 Å². The van der Waals surface area contributed by atoms with E-state index in [1.807, 2.05) is 0 Å². The highest BCUT2D eigenvalue weighted by molar-refractivity contribution is 6.06. The van der Waals surface area contributed by atoms with E-state index in [2.05, 4.69) is 5.32 Å². The highest BCUT2D eigenvalue weighted by Gasteiger charge is 2.37. The summed E-state index contributed by atoms with van der Waals surface area (Å²) in [5.41, 5.74) is 0.317. The number of halogens is 1. The second-order valence-corrected chi connectivity index (χ2v) is 3.95. The Morgan fingerprint density at radius 1 is 1.50 bits per heavy atom. The first-order chi connectivity index (χ1) is 8.65. The zero-order chi connectivity index (χ0) is 13.1. The van der Waals surface area contributed by atoms with Crippen LogP contribution in [0.25, 0.3) is 0 Å². The summed E-state index contributed by atoms with van der Waals surface area (Å²) >= 11 is 0. The summed E-state index contributed by atoms with van der Waals surface area (Å²) < 4.78 is 18.7. The van der Waals surface area contributed by atoms with Crippen molar-refractivity contribution < 1.29 is 13.9 Å². The Hall–Kier alpha value is -1.95. The molecule has 0 aliphatic carbocycles. The fourth-order valence-electron chi connectivity index (χ4n) is 1.97. The minimum Gasteiger partial charge on any atom is -0.383 e. The van der Waals surface area contributed by atoms with Crippen LogP contribution in [-0.2, 0) is 4.74 Å². The predicted molar refractivity (Wildman–Crippen MR) is 64.0 cm³/mol. The van der Waals surface area contributed by atoms with E-state index in [-0.39, 0.29) is 5.84 Å². The van der Waals surface area contributed by atoms with Crippen molar-refractivity contribution in [3.05, 3.63) is 35.6 Å². The largest absolute Gasteiger partial charge is 0.383 e. The molecule has 1 atom stereocenters. The molecule has 0 spiro atoms. The first-order valence-corrected chi connectivity index (χ1v) is 5.54. The van der Waals surface area contributed by atoms with Gasteiger partial charge in [-0.2, -0.15) is 0 Å². The van der Waals surface area contributed by atoms with Gasteiger partial charge in [-0.25, -0.2) is 9.18 Å². The zero-order valence-electron chi connectivity index (χ0n) is 9.94. The molecule has 5 nitrogen and oxygen atoms in total.